The average molecular weight is 670 g/mol. The lowest BCUT2D eigenvalue weighted by Gasteiger charge is -2.26. The van der Waals surface area contributed by atoms with Crippen molar-refractivity contribution in [1.82, 2.24) is 0 Å². The predicted molar refractivity (Wildman–Crippen MR) is 220 cm³/mol. The van der Waals surface area contributed by atoms with Crippen molar-refractivity contribution < 1.29 is 0 Å². The van der Waals surface area contributed by atoms with Gasteiger partial charge in [-0.25, -0.2) is 0 Å². The van der Waals surface area contributed by atoms with Gasteiger partial charge in [0.1, 0.15) is 0 Å². The second-order valence-corrected chi connectivity index (χ2v) is 15.2. The Morgan fingerprint density at radius 2 is 1.04 bits per heavy atom. The molecule has 9 aromatic rings. The highest BCUT2D eigenvalue weighted by Crippen LogP contribution is 2.55. The normalized spacial score (nSPS) is 13.1. The number of fused-ring (bicyclic) bond motifs is 8. The van der Waals surface area contributed by atoms with E-state index in [0.717, 1.165) is 11.4 Å². The van der Waals surface area contributed by atoms with Gasteiger partial charge in [0, 0.05) is 32.3 Å². The maximum absolute atomic E-state index is 2.44. The van der Waals surface area contributed by atoms with Crippen LogP contribution in [0.5, 0.6) is 0 Å². The lowest BCUT2D eigenvalue weighted by atomic mass is 9.82. The third-order valence-electron chi connectivity index (χ3n) is 10.8. The molecule has 242 valence electrons. The van der Waals surface area contributed by atoms with E-state index in [2.05, 4.69) is 195 Å². The molecule has 51 heavy (non-hydrogen) atoms. The van der Waals surface area contributed by atoms with E-state index in [9.17, 15) is 0 Å². The van der Waals surface area contributed by atoms with Crippen molar-refractivity contribution in [2.45, 2.75) is 19.3 Å². The van der Waals surface area contributed by atoms with Crippen LogP contribution in [-0.4, -0.2) is 0 Å². The number of thiophene rings is 1. The zero-order valence-electron chi connectivity index (χ0n) is 28.6. The van der Waals surface area contributed by atoms with Crippen LogP contribution >= 0.6 is 11.3 Å². The molecule has 0 spiro atoms. The van der Waals surface area contributed by atoms with Crippen LogP contribution in [0.1, 0.15) is 25.0 Å². The van der Waals surface area contributed by atoms with Crippen LogP contribution in [-0.2, 0) is 5.41 Å². The number of anilines is 3. The van der Waals surface area contributed by atoms with Gasteiger partial charge in [-0.1, -0.05) is 153 Å². The van der Waals surface area contributed by atoms with E-state index in [1.807, 2.05) is 11.3 Å². The van der Waals surface area contributed by atoms with E-state index < -0.39 is 0 Å². The summed E-state index contributed by atoms with van der Waals surface area (Å²) in [5, 5.41) is 5.16. The van der Waals surface area contributed by atoms with Crippen LogP contribution < -0.4 is 4.90 Å². The summed E-state index contributed by atoms with van der Waals surface area (Å²) in [6, 6.07) is 64.5. The minimum Gasteiger partial charge on any atom is -0.309 e. The van der Waals surface area contributed by atoms with Gasteiger partial charge in [0.05, 0.1) is 10.4 Å². The second-order valence-electron chi connectivity index (χ2n) is 14.1. The van der Waals surface area contributed by atoms with Gasteiger partial charge in [-0.15, -0.1) is 11.3 Å². The second kappa shape index (κ2) is 11.6. The van der Waals surface area contributed by atoms with Crippen LogP contribution in [0, 0.1) is 0 Å². The fraction of sp³-hybridized carbons (Fsp3) is 0.0612. The maximum atomic E-state index is 2.44. The highest BCUT2D eigenvalue weighted by atomic mass is 32.1. The summed E-state index contributed by atoms with van der Waals surface area (Å²) in [4.78, 5) is 2.44. The van der Waals surface area contributed by atoms with Gasteiger partial charge in [0.25, 0.3) is 0 Å². The summed E-state index contributed by atoms with van der Waals surface area (Å²) in [5.41, 5.74) is 13.9. The molecule has 0 unspecified atom stereocenters. The standard InChI is InChI=1S/C49H35NS/c1-49(2)44-17-9-8-15-40(44)41-29-30-43-42-16-10-18-45(47(42)51-48(43)46(41)49)50(38-25-21-34(22-26-38)32-11-4-3-5-12-32)39-27-23-35(24-28-39)37-20-19-33-13-6-7-14-36(33)31-37/h3-31H,1-2H3. The monoisotopic (exact) mass is 669 g/mol. The SMILES string of the molecule is CC1(C)c2ccccc2-c2ccc3c(sc4c(N(c5ccc(-c6ccccc6)cc5)c5ccc(-c6ccc7ccccc7c6)cc5)cccc43)c21. The summed E-state index contributed by atoms with van der Waals surface area (Å²) in [6.07, 6.45) is 0. The number of rotatable bonds is 5. The van der Waals surface area contributed by atoms with E-state index in [1.165, 1.54) is 81.1 Å². The quantitative estimate of drug-likeness (QED) is 0.176. The molecule has 0 saturated carbocycles. The summed E-state index contributed by atoms with van der Waals surface area (Å²) >= 11 is 1.94. The molecule has 0 bridgehead atoms. The van der Waals surface area contributed by atoms with Crippen LogP contribution in [0.2, 0.25) is 0 Å². The number of hydrogen-bond acceptors (Lipinski definition) is 2. The van der Waals surface area contributed by atoms with E-state index in [1.54, 1.807) is 0 Å². The smallest absolute Gasteiger partial charge is 0.0640 e. The summed E-state index contributed by atoms with van der Waals surface area (Å²) < 4.78 is 2.69. The lowest BCUT2D eigenvalue weighted by Crippen LogP contribution is -2.14. The van der Waals surface area contributed by atoms with Gasteiger partial charge < -0.3 is 4.90 Å². The molecule has 0 atom stereocenters. The van der Waals surface area contributed by atoms with Gasteiger partial charge >= 0.3 is 0 Å². The van der Waals surface area contributed by atoms with Crippen LogP contribution in [0.15, 0.2) is 176 Å². The van der Waals surface area contributed by atoms with Crippen LogP contribution in [0.4, 0.5) is 17.1 Å². The predicted octanol–water partition coefficient (Wildman–Crippen LogP) is 14.3. The van der Waals surface area contributed by atoms with Crippen molar-refractivity contribution in [2.24, 2.45) is 0 Å². The summed E-state index contributed by atoms with van der Waals surface area (Å²) in [7, 11) is 0. The van der Waals surface area contributed by atoms with Crippen molar-refractivity contribution in [3.63, 3.8) is 0 Å². The van der Waals surface area contributed by atoms with Gasteiger partial charge in [-0.2, -0.15) is 0 Å². The van der Waals surface area contributed by atoms with Crippen molar-refractivity contribution in [3.8, 4) is 33.4 Å². The number of nitrogens with zero attached hydrogens (tertiary/aromatic N) is 1. The molecule has 2 heteroatoms. The number of benzene rings is 8. The Morgan fingerprint density at radius 1 is 0.431 bits per heavy atom. The molecule has 10 rings (SSSR count). The van der Waals surface area contributed by atoms with Crippen molar-refractivity contribution >= 4 is 59.3 Å². The van der Waals surface area contributed by atoms with Gasteiger partial charge in [-0.05, 0) is 91.7 Å². The Morgan fingerprint density at radius 3 is 1.80 bits per heavy atom. The van der Waals surface area contributed by atoms with Crippen molar-refractivity contribution in [3.05, 3.63) is 187 Å². The van der Waals surface area contributed by atoms with Crippen LogP contribution in [0.3, 0.4) is 0 Å². The Labute approximate surface area is 302 Å². The highest BCUT2D eigenvalue weighted by Gasteiger charge is 2.37. The minimum atomic E-state index is -0.0714. The van der Waals surface area contributed by atoms with Crippen LogP contribution in [0.25, 0.3) is 64.3 Å². The maximum Gasteiger partial charge on any atom is 0.0640 e. The van der Waals surface area contributed by atoms with E-state index in [4.69, 9.17) is 0 Å². The molecule has 0 saturated heterocycles. The Hall–Kier alpha value is -5.96. The molecule has 0 N–H and O–H groups in total. The molecular formula is C49H35NS. The Kier molecular flexibility index (Phi) is 6.78. The molecule has 1 heterocycles. The minimum absolute atomic E-state index is 0.0714. The first kappa shape index (κ1) is 29.9. The Balaban J connectivity index is 1.15. The fourth-order valence-corrected chi connectivity index (χ4v) is 9.81. The molecule has 0 aliphatic heterocycles. The third-order valence-corrected chi connectivity index (χ3v) is 12.1. The molecule has 1 nitrogen and oxygen atoms in total. The molecule has 8 aromatic carbocycles. The van der Waals surface area contributed by atoms with Crippen molar-refractivity contribution in [2.75, 3.05) is 4.90 Å². The highest BCUT2D eigenvalue weighted by molar-refractivity contribution is 7.26. The van der Waals surface area contributed by atoms with E-state index in [0.29, 0.717) is 0 Å². The molecule has 1 aliphatic carbocycles. The largest absolute Gasteiger partial charge is 0.309 e. The zero-order chi connectivity index (χ0) is 34.1. The molecule has 0 amide bonds. The topological polar surface area (TPSA) is 3.24 Å². The average Bonchev–Trinajstić information content (AvgIpc) is 3.68. The molecular weight excluding hydrogens is 635 g/mol. The third kappa shape index (κ3) is 4.75. The Bertz CT molecular complexity index is 2750. The fourth-order valence-electron chi connectivity index (χ4n) is 8.30. The summed E-state index contributed by atoms with van der Waals surface area (Å²) in [5.74, 6) is 0. The van der Waals surface area contributed by atoms with Crippen molar-refractivity contribution in [1.29, 1.82) is 0 Å². The number of hydrogen-bond donors (Lipinski definition) is 0. The molecule has 1 aliphatic rings. The van der Waals surface area contributed by atoms with E-state index in [-0.39, 0.29) is 5.41 Å². The summed E-state index contributed by atoms with van der Waals surface area (Å²) in [6.45, 7) is 4.78. The first-order valence-corrected chi connectivity index (χ1v) is 18.5. The first-order valence-electron chi connectivity index (χ1n) is 17.7. The first-order chi connectivity index (χ1) is 25.0. The molecule has 0 fully saturated rings. The molecule has 1 aromatic heterocycles. The van der Waals surface area contributed by atoms with Gasteiger partial charge in [0.2, 0.25) is 0 Å². The molecule has 0 radical (unpaired) electrons. The lowest BCUT2D eigenvalue weighted by molar-refractivity contribution is 0.667. The van der Waals surface area contributed by atoms with Gasteiger partial charge in [0.15, 0.2) is 0 Å². The van der Waals surface area contributed by atoms with Gasteiger partial charge in [-0.3, -0.25) is 0 Å². The van der Waals surface area contributed by atoms with E-state index >= 15 is 0 Å². The zero-order valence-corrected chi connectivity index (χ0v) is 29.4.